The van der Waals surface area contributed by atoms with Crippen molar-refractivity contribution in [3.8, 4) is 0 Å². The van der Waals surface area contributed by atoms with Crippen LogP contribution < -0.4 is 10.9 Å². The van der Waals surface area contributed by atoms with Gasteiger partial charge in [-0.25, -0.2) is 0 Å². The van der Waals surface area contributed by atoms with E-state index in [1.807, 2.05) is 19.3 Å². The van der Waals surface area contributed by atoms with Crippen molar-refractivity contribution < 1.29 is 0 Å². The van der Waals surface area contributed by atoms with Crippen LogP contribution in [-0.4, -0.2) is 11.6 Å². The van der Waals surface area contributed by atoms with Crippen LogP contribution in [0.25, 0.3) is 0 Å². The third-order valence-corrected chi connectivity index (χ3v) is 3.44. The Balaban J connectivity index is 2.33. The lowest BCUT2D eigenvalue weighted by Gasteiger charge is -2.20. The van der Waals surface area contributed by atoms with Crippen LogP contribution in [-0.2, 0) is 6.54 Å². The molecule has 1 unspecified atom stereocenters. The standard InChI is InChI=1S/C16H20N2O/c1-12-7-8-13(2)14(10-12)15(17-3)11-18-9-5-4-6-16(18)19/h4-10,15,17H,11H2,1-3H3. The SMILES string of the molecule is CNC(Cn1ccccc1=O)c1cc(C)ccc1C. The first-order valence-electron chi connectivity index (χ1n) is 6.51. The second-order valence-electron chi connectivity index (χ2n) is 4.89. The molecular formula is C16H20N2O. The summed E-state index contributed by atoms with van der Waals surface area (Å²) < 4.78 is 1.74. The first-order chi connectivity index (χ1) is 9.11. The molecule has 0 saturated heterocycles. The molecule has 0 fully saturated rings. The average molecular weight is 256 g/mol. The highest BCUT2D eigenvalue weighted by Crippen LogP contribution is 2.20. The number of benzene rings is 1. The van der Waals surface area contributed by atoms with Crippen LogP contribution in [0.3, 0.4) is 0 Å². The van der Waals surface area contributed by atoms with Gasteiger partial charge in [-0.05, 0) is 38.1 Å². The van der Waals surface area contributed by atoms with E-state index in [0.717, 1.165) is 0 Å². The lowest BCUT2D eigenvalue weighted by atomic mass is 9.99. The van der Waals surface area contributed by atoms with Crippen LogP contribution >= 0.6 is 0 Å². The summed E-state index contributed by atoms with van der Waals surface area (Å²) in [6, 6.07) is 11.8. The number of aromatic nitrogens is 1. The second kappa shape index (κ2) is 5.85. The van der Waals surface area contributed by atoms with Crippen LogP contribution in [0.15, 0.2) is 47.4 Å². The highest BCUT2D eigenvalue weighted by atomic mass is 16.1. The molecule has 0 spiro atoms. The molecule has 1 N–H and O–H groups in total. The van der Waals surface area contributed by atoms with Gasteiger partial charge in [-0.15, -0.1) is 0 Å². The van der Waals surface area contributed by atoms with E-state index in [1.54, 1.807) is 16.7 Å². The number of hydrogen-bond donors (Lipinski definition) is 1. The summed E-state index contributed by atoms with van der Waals surface area (Å²) in [6.07, 6.45) is 1.83. The van der Waals surface area contributed by atoms with E-state index in [0.29, 0.717) is 6.54 Å². The molecule has 1 heterocycles. The monoisotopic (exact) mass is 256 g/mol. The molecule has 1 aromatic carbocycles. The van der Waals surface area contributed by atoms with Crippen molar-refractivity contribution in [1.29, 1.82) is 0 Å². The fourth-order valence-electron chi connectivity index (χ4n) is 2.29. The third kappa shape index (κ3) is 3.12. The molecule has 3 heteroatoms. The van der Waals surface area contributed by atoms with Crippen LogP contribution in [0.1, 0.15) is 22.7 Å². The van der Waals surface area contributed by atoms with Gasteiger partial charge >= 0.3 is 0 Å². The highest BCUT2D eigenvalue weighted by Gasteiger charge is 2.13. The first-order valence-corrected chi connectivity index (χ1v) is 6.51. The van der Waals surface area contributed by atoms with Gasteiger partial charge < -0.3 is 9.88 Å². The van der Waals surface area contributed by atoms with Crippen molar-refractivity contribution in [3.05, 3.63) is 69.6 Å². The normalized spacial score (nSPS) is 12.4. The van der Waals surface area contributed by atoms with Gasteiger partial charge in [-0.3, -0.25) is 4.79 Å². The lowest BCUT2D eigenvalue weighted by Crippen LogP contribution is -2.28. The number of nitrogens with zero attached hydrogens (tertiary/aromatic N) is 1. The number of likely N-dealkylation sites (N-methyl/N-ethyl adjacent to an activating group) is 1. The minimum atomic E-state index is 0.0352. The maximum atomic E-state index is 11.8. The molecule has 0 radical (unpaired) electrons. The van der Waals surface area contributed by atoms with Gasteiger partial charge in [0.2, 0.25) is 0 Å². The Bertz CT molecular complexity index is 616. The molecule has 19 heavy (non-hydrogen) atoms. The molecule has 2 rings (SSSR count). The van der Waals surface area contributed by atoms with Crippen molar-refractivity contribution in [2.75, 3.05) is 7.05 Å². The zero-order chi connectivity index (χ0) is 13.8. The Morgan fingerprint density at radius 1 is 1.21 bits per heavy atom. The van der Waals surface area contributed by atoms with Crippen LogP contribution in [0.4, 0.5) is 0 Å². The predicted molar refractivity (Wildman–Crippen MR) is 78.4 cm³/mol. The largest absolute Gasteiger partial charge is 0.314 e. The smallest absolute Gasteiger partial charge is 0.250 e. The molecule has 0 aliphatic rings. The quantitative estimate of drug-likeness (QED) is 0.911. The molecule has 0 aliphatic carbocycles. The average Bonchev–Trinajstić information content (AvgIpc) is 2.41. The summed E-state index contributed by atoms with van der Waals surface area (Å²) >= 11 is 0. The van der Waals surface area contributed by atoms with Gasteiger partial charge in [-0.1, -0.05) is 29.8 Å². The van der Waals surface area contributed by atoms with Crippen molar-refractivity contribution in [2.45, 2.75) is 26.4 Å². The van der Waals surface area contributed by atoms with E-state index in [2.05, 4.69) is 37.4 Å². The maximum absolute atomic E-state index is 11.8. The van der Waals surface area contributed by atoms with Crippen molar-refractivity contribution in [1.82, 2.24) is 9.88 Å². The van der Waals surface area contributed by atoms with Gasteiger partial charge in [0.1, 0.15) is 0 Å². The Morgan fingerprint density at radius 2 is 2.00 bits per heavy atom. The third-order valence-electron chi connectivity index (χ3n) is 3.44. The Morgan fingerprint density at radius 3 is 2.68 bits per heavy atom. The van der Waals surface area contributed by atoms with E-state index in [4.69, 9.17) is 0 Å². The van der Waals surface area contributed by atoms with Crippen molar-refractivity contribution >= 4 is 0 Å². The van der Waals surface area contributed by atoms with E-state index in [9.17, 15) is 4.79 Å². The first kappa shape index (κ1) is 13.6. The summed E-state index contributed by atoms with van der Waals surface area (Å²) in [7, 11) is 1.93. The molecular weight excluding hydrogens is 236 g/mol. The van der Waals surface area contributed by atoms with E-state index in [1.165, 1.54) is 16.7 Å². The van der Waals surface area contributed by atoms with E-state index < -0.39 is 0 Å². The zero-order valence-corrected chi connectivity index (χ0v) is 11.7. The van der Waals surface area contributed by atoms with Gasteiger partial charge in [0.25, 0.3) is 5.56 Å². The minimum absolute atomic E-state index is 0.0352. The van der Waals surface area contributed by atoms with Crippen molar-refractivity contribution in [3.63, 3.8) is 0 Å². The molecule has 1 aromatic heterocycles. The molecule has 0 saturated carbocycles. The Labute approximate surface area is 113 Å². The van der Waals surface area contributed by atoms with Gasteiger partial charge in [-0.2, -0.15) is 0 Å². The zero-order valence-electron chi connectivity index (χ0n) is 11.7. The summed E-state index contributed by atoms with van der Waals surface area (Å²) in [4.78, 5) is 11.8. The molecule has 100 valence electrons. The molecule has 0 bridgehead atoms. The number of pyridine rings is 1. The number of aryl methyl sites for hydroxylation is 2. The molecule has 2 aromatic rings. The fourth-order valence-corrected chi connectivity index (χ4v) is 2.29. The van der Waals surface area contributed by atoms with Crippen molar-refractivity contribution in [2.24, 2.45) is 0 Å². The van der Waals surface area contributed by atoms with Gasteiger partial charge in [0.05, 0.1) is 6.04 Å². The van der Waals surface area contributed by atoms with Gasteiger partial charge in [0.15, 0.2) is 0 Å². The summed E-state index contributed by atoms with van der Waals surface area (Å²) in [6.45, 7) is 4.83. The maximum Gasteiger partial charge on any atom is 0.250 e. The fraction of sp³-hybridized carbons (Fsp3) is 0.312. The topological polar surface area (TPSA) is 34.0 Å². The summed E-state index contributed by atoms with van der Waals surface area (Å²) in [5.74, 6) is 0. The number of nitrogens with one attached hydrogen (secondary N) is 1. The predicted octanol–water partition coefficient (Wildman–Crippen LogP) is 2.43. The van der Waals surface area contributed by atoms with Crippen LogP contribution in [0.5, 0.6) is 0 Å². The van der Waals surface area contributed by atoms with E-state index >= 15 is 0 Å². The van der Waals surface area contributed by atoms with Gasteiger partial charge in [0, 0.05) is 18.8 Å². The second-order valence-corrected chi connectivity index (χ2v) is 4.89. The highest BCUT2D eigenvalue weighted by molar-refractivity contribution is 5.33. The van der Waals surface area contributed by atoms with Crippen LogP contribution in [0, 0.1) is 13.8 Å². The molecule has 0 aliphatic heterocycles. The molecule has 1 atom stereocenters. The Kier molecular flexibility index (Phi) is 4.17. The van der Waals surface area contributed by atoms with Crippen LogP contribution in [0.2, 0.25) is 0 Å². The molecule has 3 nitrogen and oxygen atoms in total. The molecule has 0 amide bonds. The summed E-state index contributed by atoms with van der Waals surface area (Å²) in [5.41, 5.74) is 3.77. The Hall–Kier alpha value is -1.87. The minimum Gasteiger partial charge on any atom is -0.314 e. The number of hydrogen-bond acceptors (Lipinski definition) is 2. The summed E-state index contributed by atoms with van der Waals surface area (Å²) in [5, 5.41) is 3.30. The number of rotatable bonds is 4. The lowest BCUT2D eigenvalue weighted by molar-refractivity contribution is 0.489. The van der Waals surface area contributed by atoms with E-state index in [-0.39, 0.29) is 11.6 Å².